The summed E-state index contributed by atoms with van der Waals surface area (Å²) in [5, 5.41) is 9.41. The van der Waals surface area contributed by atoms with Gasteiger partial charge in [0, 0.05) is 19.7 Å². The van der Waals surface area contributed by atoms with Crippen LogP contribution >= 0.6 is 0 Å². The number of aliphatic imine (C=N–C) groups is 1. The van der Waals surface area contributed by atoms with Gasteiger partial charge in [-0.05, 0) is 59.6 Å². The van der Waals surface area contributed by atoms with E-state index in [0.717, 1.165) is 17.7 Å². The van der Waals surface area contributed by atoms with Crippen molar-refractivity contribution in [3.63, 3.8) is 0 Å². The highest BCUT2D eigenvalue weighted by Crippen LogP contribution is 2.09. The summed E-state index contributed by atoms with van der Waals surface area (Å²) < 4.78 is 10.8. The first-order chi connectivity index (χ1) is 13.5. The van der Waals surface area contributed by atoms with Crippen molar-refractivity contribution in [2.24, 2.45) is 4.99 Å². The van der Waals surface area contributed by atoms with E-state index in [0.29, 0.717) is 32.3 Å². The van der Waals surface area contributed by atoms with E-state index in [9.17, 15) is 4.79 Å². The molecule has 0 aliphatic carbocycles. The number of rotatable bonds is 9. The monoisotopic (exact) mass is 406 g/mol. The smallest absolute Gasteiger partial charge is 0.408 e. The van der Waals surface area contributed by atoms with Gasteiger partial charge in [-0.2, -0.15) is 0 Å². The third-order valence-corrected chi connectivity index (χ3v) is 3.80. The Kier molecular flexibility index (Phi) is 9.95. The Morgan fingerprint density at radius 2 is 1.62 bits per heavy atom. The molecule has 0 aliphatic rings. The van der Waals surface area contributed by atoms with Crippen molar-refractivity contribution in [3.8, 4) is 0 Å². The number of alkyl carbamates (subject to hydrolysis) is 1. The minimum Gasteiger partial charge on any atom is -0.444 e. The number of nitrogens with one attached hydrogen (secondary N) is 3. The highest BCUT2D eigenvalue weighted by atomic mass is 16.6. The standard InChI is InChI=1S/C22H38N4O3/c1-8-23-19(24-14-17-10-12-18(13-11-17)15-28-9-2)25-16-22(6,7)26-20(27)29-21(3,4)5/h10-13H,8-9,14-16H2,1-7H3,(H,26,27)(H2,23,24,25). The summed E-state index contributed by atoms with van der Waals surface area (Å²) in [6, 6.07) is 8.26. The molecule has 7 heteroatoms. The fraction of sp³-hybridized carbons (Fsp3) is 0.636. The van der Waals surface area contributed by atoms with Gasteiger partial charge in [0.05, 0.1) is 18.7 Å². The number of hydrogen-bond donors (Lipinski definition) is 3. The molecule has 3 N–H and O–H groups in total. The third-order valence-electron chi connectivity index (χ3n) is 3.80. The van der Waals surface area contributed by atoms with Crippen LogP contribution < -0.4 is 16.0 Å². The van der Waals surface area contributed by atoms with Crippen molar-refractivity contribution in [1.29, 1.82) is 0 Å². The van der Waals surface area contributed by atoms with Crippen LogP contribution in [0.25, 0.3) is 0 Å². The van der Waals surface area contributed by atoms with Crippen LogP contribution in [0.3, 0.4) is 0 Å². The van der Waals surface area contributed by atoms with Crippen LogP contribution in [0, 0.1) is 0 Å². The maximum atomic E-state index is 12.0. The van der Waals surface area contributed by atoms with Crippen LogP contribution in [0.2, 0.25) is 0 Å². The molecule has 1 aromatic rings. The molecular formula is C22H38N4O3. The predicted octanol–water partition coefficient (Wildman–Crippen LogP) is 3.58. The second kappa shape index (κ2) is 11.7. The molecule has 0 aromatic heterocycles. The van der Waals surface area contributed by atoms with E-state index in [1.165, 1.54) is 0 Å². The van der Waals surface area contributed by atoms with E-state index in [1.54, 1.807) is 0 Å². The summed E-state index contributed by atoms with van der Waals surface area (Å²) in [5.41, 5.74) is 1.25. The molecule has 1 aromatic carbocycles. The first-order valence-corrected chi connectivity index (χ1v) is 10.2. The topological polar surface area (TPSA) is 84.0 Å². The van der Waals surface area contributed by atoms with Gasteiger partial charge >= 0.3 is 6.09 Å². The predicted molar refractivity (Wildman–Crippen MR) is 118 cm³/mol. The van der Waals surface area contributed by atoms with Crippen LogP contribution in [0.5, 0.6) is 0 Å². The molecule has 164 valence electrons. The Labute approximate surface area is 175 Å². The lowest BCUT2D eigenvalue weighted by Gasteiger charge is -2.29. The average Bonchev–Trinajstić information content (AvgIpc) is 2.61. The zero-order valence-electron chi connectivity index (χ0n) is 19.0. The number of benzene rings is 1. The first kappa shape index (κ1) is 24.8. The molecule has 1 rings (SSSR count). The first-order valence-electron chi connectivity index (χ1n) is 10.2. The molecule has 0 saturated carbocycles. The van der Waals surface area contributed by atoms with Gasteiger partial charge in [-0.3, -0.25) is 0 Å². The van der Waals surface area contributed by atoms with Crippen molar-refractivity contribution in [1.82, 2.24) is 16.0 Å². The van der Waals surface area contributed by atoms with Crippen LogP contribution in [-0.2, 0) is 22.6 Å². The van der Waals surface area contributed by atoms with Crippen molar-refractivity contribution in [2.75, 3.05) is 19.7 Å². The molecule has 0 aliphatic heterocycles. The summed E-state index contributed by atoms with van der Waals surface area (Å²) in [6.45, 7) is 16.6. The summed E-state index contributed by atoms with van der Waals surface area (Å²) >= 11 is 0. The zero-order chi connectivity index (χ0) is 21.9. The van der Waals surface area contributed by atoms with Gasteiger partial charge < -0.3 is 25.4 Å². The summed E-state index contributed by atoms with van der Waals surface area (Å²) in [6.07, 6.45) is -0.432. The minimum atomic E-state index is -0.526. The van der Waals surface area contributed by atoms with Crippen molar-refractivity contribution in [3.05, 3.63) is 35.4 Å². The lowest BCUT2D eigenvalue weighted by Crippen LogP contribution is -2.54. The largest absolute Gasteiger partial charge is 0.444 e. The Morgan fingerprint density at radius 1 is 1.00 bits per heavy atom. The molecule has 1 amide bonds. The van der Waals surface area contributed by atoms with E-state index >= 15 is 0 Å². The molecule has 0 radical (unpaired) electrons. The molecular weight excluding hydrogens is 368 g/mol. The Morgan fingerprint density at radius 3 is 2.17 bits per heavy atom. The number of carbonyl (C=O) groups excluding carboxylic acids is 1. The van der Waals surface area contributed by atoms with Crippen molar-refractivity contribution < 1.29 is 14.3 Å². The lowest BCUT2D eigenvalue weighted by molar-refractivity contribution is 0.0474. The van der Waals surface area contributed by atoms with Crippen LogP contribution in [0.1, 0.15) is 59.6 Å². The molecule has 0 saturated heterocycles. The number of nitrogens with zero attached hydrogens (tertiary/aromatic N) is 1. The zero-order valence-corrected chi connectivity index (χ0v) is 19.0. The molecule has 0 bridgehead atoms. The Balaban J connectivity index is 2.61. The average molecular weight is 407 g/mol. The second-order valence-electron chi connectivity index (χ2n) is 8.51. The SMILES string of the molecule is CCNC(=NCc1ccc(COCC)cc1)NCC(C)(C)NC(=O)OC(C)(C)C. The van der Waals surface area contributed by atoms with E-state index in [2.05, 4.69) is 45.2 Å². The van der Waals surface area contributed by atoms with Crippen molar-refractivity contribution >= 4 is 12.1 Å². The summed E-state index contributed by atoms with van der Waals surface area (Å²) in [4.78, 5) is 16.7. The fourth-order valence-electron chi connectivity index (χ4n) is 2.40. The summed E-state index contributed by atoms with van der Waals surface area (Å²) in [5.74, 6) is 0.699. The van der Waals surface area contributed by atoms with E-state index in [-0.39, 0.29) is 0 Å². The van der Waals surface area contributed by atoms with E-state index < -0.39 is 17.2 Å². The van der Waals surface area contributed by atoms with Gasteiger partial charge in [-0.1, -0.05) is 24.3 Å². The number of hydrogen-bond acceptors (Lipinski definition) is 4. The van der Waals surface area contributed by atoms with Gasteiger partial charge in [0.2, 0.25) is 0 Å². The van der Waals surface area contributed by atoms with Gasteiger partial charge in [0.1, 0.15) is 5.60 Å². The maximum Gasteiger partial charge on any atom is 0.408 e. The Bertz CT molecular complexity index is 649. The molecule has 0 fully saturated rings. The molecule has 0 heterocycles. The van der Waals surface area contributed by atoms with Crippen LogP contribution in [0.15, 0.2) is 29.3 Å². The highest BCUT2D eigenvalue weighted by molar-refractivity contribution is 5.80. The van der Waals surface area contributed by atoms with Gasteiger partial charge in [0.15, 0.2) is 5.96 Å². The van der Waals surface area contributed by atoms with Gasteiger partial charge in [-0.25, -0.2) is 9.79 Å². The second-order valence-corrected chi connectivity index (χ2v) is 8.51. The summed E-state index contributed by atoms with van der Waals surface area (Å²) in [7, 11) is 0. The van der Waals surface area contributed by atoms with Gasteiger partial charge in [-0.15, -0.1) is 0 Å². The fourth-order valence-corrected chi connectivity index (χ4v) is 2.40. The number of amides is 1. The number of carbonyl (C=O) groups is 1. The number of ether oxygens (including phenoxy) is 2. The van der Waals surface area contributed by atoms with E-state index in [4.69, 9.17) is 9.47 Å². The third kappa shape index (κ3) is 11.3. The Hall–Kier alpha value is -2.28. The quantitative estimate of drug-likeness (QED) is 0.431. The molecule has 7 nitrogen and oxygen atoms in total. The number of guanidine groups is 1. The van der Waals surface area contributed by atoms with Crippen LogP contribution in [-0.4, -0.2) is 42.9 Å². The normalized spacial score (nSPS) is 12.4. The molecule has 0 spiro atoms. The lowest BCUT2D eigenvalue weighted by atomic mass is 10.1. The maximum absolute atomic E-state index is 12.0. The highest BCUT2D eigenvalue weighted by Gasteiger charge is 2.24. The van der Waals surface area contributed by atoms with E-state index in [1.807, 2.05) is 48.5 Å². The minimum absolute atomic E-state index is 0.432. The molecule has 29 heavy (non-hydrogen) atoms. The molecule has 0 atom stereocenters. The van der Waals surface area contributed by atoms with Crippen molar-refractivity contribution in [2.45, 2.75) is 72.8 Å². The van der Waals surface area contributed by atoms with Crippen LogP contribution in [0.4, 0.5) is 4.79 Å². The molecule has 0 unspecified atom stereocenters. The van der Waals surface area contributed by atoms with Gasteiger partial charge in [0.25, 0.3) is 0 Å².